The topological polar surface area (TPSA) is 219 Å². The average molecular weight is 1080 g/mol. The number of anilines is 1. The molecule has 0 aliphatic carbocycles. The Hall–Kier alpha value is -6.71. The Labute approximate surface area is 457 Å². The largest absolute Gasteiger partial charge is 0.483 e. The maximum absolute atomic E-state index is 17.0. The minimum Gasteiger partial charge on any atom is -0.483 e. The molecule has 5 fully saturated rings. The molecule has 2 bridgehead atoms. The van der Waals surface area contributed by atoms with E-state index in [0.717, 1.165) is 84.5 Å². The molecule has 3 aromatic carbocycles. The van der Waals surface area contributed by atoms with Gasteiger partial charge in [0.05, 0.1) is 27.6 Å². The number of β-amino-alcohol motifs (C(OH)–C–C–N with tert-alkyl or cyclic N) is 1. The van der Waals surface area contributed by atoms with Crippen molar-refractivity contribution in [3.8, 4) is 27.7 Å². The van der Waals surface area contributed by atoms with Crippen LogP contribution in [0.25, 0.3) is 43.4 Å². The molecule has 3 amide bonds. The number of halogens is 1. The van der Waals surface area contributed by atoms with Crippen LogP contribution in [-0.2, 0) is 25.7 Å². The Balaban J connectivity index is 0.00000224. The van der Waals surface area contributed by atoms with E-state index in [1.807, 2.05) is 99.9 Å². The van der Waals surface area contributed by atoms with E-state index in [4.69, 9.17) is 29.6 Å². The van der Waals surface area contributed by atoms with E-state index < -0.39 is 29.4 Å². The molecule has 3 aromatic heterocycles. The molecule has 78 heavy (non-hydrogen) atoms. The lowest BCUT2D eigenvalue weighted by Crippen LogP contribution is -2.59. The molecule has 5 aliphatic rings. The first-order valence-electron chi connectivity index (χ1n) is 27.1. The Bertz CT molecular complexity index is 3130. The summed E-state index contributed by atoms with van der Waals surface area (Å²) in [6.07, 6.45) is 5.28. The second kappa shape index (κ2) is 23.3. The Morgan fingerprint density at radius 3 is 2.33 bits per heavy atom. The molecule has 0 saturated carbocycles. The van der Waals surface area contributed by atoms with Gasteiger partial charge >= 0.3 is 6.01 Å². The third-order valence-electron chi connectivity index (χ3n) is 16.4. The summed E-state index contributed by atoms with van der Waals surface area (Å²) in [5.74, 6) is -1.02. The summed E-state index contributed by atoms with van der Waals surface area (Å²) < 4.78 is 23.5. The predicted molar refractivity (Wildman–Crippen MR) is 297 cm³/mol. The van der Waals surface area contributed by atoms with Crippen LogP contribution in [0.1, 0.15) is 70.6 Å². The van der Waals surface area contributed by atoms with Crippen LogP contribution in [0.3, 0.4) is 0 Å². The van der Waals surface area contributed by atoms with Crippen molar-refractivity contribution in [3.05, 3.63) is 95.5 Å². The zero-order chi connectivity index (χ0) is 54.8. The fraction of sp³-hybridized carbons (Fsp3) is 0.483. The minimum absolute atomic E-state index is 0.0137. The van der Waals surface area contributed by atoms with Crippen molar-refractivity contribution in [2.45, 2.75) is 115 Å². The van der Waals surface area contributed by atoms with Crippen molar-refractivity contribution in [2.75, 3.05) is 57.8 Å². The highest BCUT2D eigenvalue weighted by atomic mass is 32.1. The zero-order valence-corrected chi connectivity index (χ0v) is 45.7. The van der Waals surface area contributed by atoms with E-state index >= 15 is 4.39 Å². The lowest BCUT2D eigenvalue weighted by Gasteiger charge is -2.38. The highest BCUT2D eigenvalue weighted by molar-refractivity contribution is 7.13. The number of likely N-dealkylation sites (tertiary alicyclic amines) is 3. The van der Waals surface area contributed by atoms with Crippen molar-refractivity contribution < 1.29 is 38.5 Å². The quantitative estimate of drug-likeness (QED) is 0.0835. The lowest BCUT2D eigenvalue weighted by molar-refractivity contribution is -0.144. The number of nitrogens with zero attached hydrogens (tertiary/aromatic N) is 8. The molecular weight excluding hydrogens is 1010 g/mol. The minimum atomic E-state index is -0.898. The molecule has 8 heterocycles. The van der Waals surface area contributed by atoms with Crippen molar-refractivity contribution in [1.82, 2.24) is 50.6 Å². The van der Waals surface area contributed by atoms with Gasteiger partial charge in [-0.3, -0.25) is 34.0 Å². The second-order valence-corrected chi connectivity index (χ2v) is 23.5. The number of amides is 3. The summed E-state index contributed by atoms with van der Waals surface area (Å²) >= 11 is 1.58. The third kappa shape index (κ3) is 11.7. The van der Waals surface area contributed by atoms with E-state index in [1.54, 1.807) is 17.5 Å². The number of aliphatic hydroxyl groups is 1. The first-order valence-corrected chi connectivity index (χ1v) is 28.0. The standard InChI is InChI=1S/C57H68FN11O5S.CH2O2/c1-33-50(75-32-61-33)36-15-13-34(14-16-36)25-60-54(72)46-24-42(70)30-69(46)55(73)51(57(2,3)4)64-53(71)37-19-21-67(22-20-37)40-23-41(66(5)29-40)31-74-56-63-49-45(52(65-56)68-27-38-17-18-39(28-68)62-38)26-59-48(47(49)58)44-12-8-10-35-9-6-7-11-43(35)44;2-1-3/h6-16,26,32,37-42,46,51,62,70H,17-25,27-31H2,1-5H3,(H,60,72)(H,64,71);1H,(H,2,3)/t38?,39?,40-,41-,42+,46-,51?;/m0./s1. The van der Waals surface area contributed by atoms with Gasteiger partial charge in [-0.1, -0.05) is 87.5 Å². The zero-order valence-electron chi connectivity index (χ0n) is 44.9. The number of hydrogen-bond donors (Lipinski definition) is 5. The monoisotopic (exact) mass is 1080 g/mol. The van der Waals surface area contributed by atoms with Crippen LogP contribution in [-0.4, -0.2) is 164 Å². The summed E-state index contributed by atoms with van der Waals surface area (Å²) in [6.45, 7) is 11.9. The highest BCUT2D eigenvalue weighted by Gasteiger charge is 2.46. The van der Waals surface area contributed by atoms with Gasteiger partial charge in [-0.2, -0.15) is 9.97 Å². The Morgan fingerprint density at radius 2 is 1.63 bits per heavy atom. The lowest BCUT2D eigenvalue weighted by atomic mass is 9.84. The maximum Gasteiger partial charge on any atom is 0.319 e. The van der Waals surface area contributed by atoms with Crippen molar-refractivity contribution in [3.63, 3.8) is 0 Å². The van der Waals surface area contributed by atoms with E-state index in [0.29, 0.717) is 48.3 Å². The molecule has 0 spiro atoms. The summed E-state index contributed by atoms with van der Waals surface area (Å²) in [6, 6.07) is 21.1. The van der Waals surface area contributed by atoms with Crippen LogP contribution < -0.4 is 25.6 Å². The number of aliphatic hydroxyl groups excluding tert-OH is 1. The fourth-order valence-electron chi connectivity index (χ4n) is 12.2. The first kappa shape index (κ1) is 54.6. The molecule has 18 nitrogen and oxygen atoms in total. The summed E-state index contributed by atoms with van der Waals surface area (Å²) in [7, 11) is 2.10. The first-order chi connectivity index (χ1) is 37.6. The highest BCUT2D eigenvalue weighted by Crippen LogP contribution is 2.37. The summed E-state index contributed by atoms with van der Waals surface area (Å²) in [5, 5.41) is 29.9. The van der Waals surface area contributed by atoms with Gasteiger partial charge in [0.1, 0.15) is 35.7 Å². The number of piperazine rings is 1. The van der Waals surface area contributed by atoms with E-state index in [1.165, 1.54) is 4.90 Å². The molecular formula is C58H70FN11O7S. The number of rotatable bonds is 13. The van der Waals surface area contributed by atoms with Gasteiger partial charge in [0.15, 0.2) is 5.82 Å². The van der Waals surface area contributed by atoms with Crippen molar-refractivity contribution in [2.24, 2.45) is 11.3 Å². The number of fused-ring (bicyclic) bond motifs is 4. The molecule has 5 saturated heterocycles. The summed E-state index contributed by atoms with van der Waals surface area (Å²) in [5.41, 5.74) is 5.24. The number of aryl methyl sites for hydroxylation is 1. The third-order valence-corrected chi connectivity index (χ3v) is 17.4. The molecule has 20 heteroatoms. The number of nitrogens with one attached hydrogen (secondary N) is 3. The normalized spacial score (nSPS) is 23.3. The molecule has 5 N–H and O–H groups in total. The number of pyridine rings is 1. The van der Waals surface area contributed by atoms with Crippen LogP contribution in [0.2, 0.25) is 0 Å². The van der Waals surface area contributed by atoms with Crippen molar-refractivity contribution in [1.29, 1.82) is 0 Å². The molecule has 6 aromatic rings. The molecule has 7 atom stereocenters. The van der Waals surface area contributed by atoms with Crippen LogP contribution in [0, 0.1) is 24.1 Å². The number of hydrogen-bond acceptors (Lipinski definition) is 15. The van der Waals surface area contributed by atoms with Gasteiger partial charge in [0, 0.05) is 81.0 Å². The molecule has 0 radical (unpaired) electrons. The number of carbonyl (C=O) groups excluding carboxylic acids is 3. The Kier molecular flexibility index (Phi) is 16.3. The van der Waals surface area contributed by atoms with Gasteiger partial charge in [-0.25, -0.2) is 9.37 Å². The number of benzene rings is 3. The van der Waals surface area contributed by atoms with Crippen LogP contribution in [0.4, 0.5) is 10.2 Å². The number of likely N-dealkylation sites (N-methyl/N-ethyl adjacent to an activating group) is 1. The number of piperidine rings is 1. The SMILES string of the molecule is Cc1ncsc1-c1ccc(CNC(=O)[C@@H]2C[C@@H](O)CN2C(=O)C(NC(=O)C2CCN([C@H]3C[C@@H](COc4nc(N5CC6CCC(C5)N6)c5cnc(-c6cccc7ccccc67)c(F)c5n4)N(C)C3)CC2)C(C)(C)C)cc1.O=CO. The van der Waals surface area contributed by atoms with Crippen LogP contribution in [0.15, 0.2) is 78.4 Å². The van der Waals surface area contributed by atoms with Gasteiger partial charge < -0.3 is 40.7 Å². The Morgan fingerprint density at radius 1 is 0.910 bits per heavy atom. The molecule has 412 valence electrons. The molecule has 3 unspecified atom stereocenters. The number of ether oxygens (including phenoxy) is 1. The number of aromatic nitrogens is 4. The van der Waals surface area contributed by atoms with Crippen molar-refractivity contribution >= 4 is 63.0 Å². The van der Waals surface area contributed by atoms with Gasteiger partial charge in [0.25, 0.3) is 6.47 Å². The maximum atomic E-state index is 17.0. The van der Waals surface area contributed by atoms with Gasteiger partial charge in [0.2, 0.25) is 17.7 Å². The van der Waals surface area contributed by atoms with Crippen LogP contribution in [0.5, 0.6) is 6.01 Å². The van der Waals surface area contributed by atoms with Gasteiger partial charge in [-0.15, -0.1) is 11.3 Å². The van der Waals surface area contributed by atoms with E-state index in [-0.39, 0.29) is 78.9 Å². The number of carboxylic acid groups (broad SMARTS) is 1. The smallest absolute Gasteiger partial charge is 0.319 e. The number of thiazole rings is 1. The molecule has 5 aliphatic heterocycles. The fourth-order valence-corrected chi connectivity index (χ4v) is 13.0. The molecule has 11 rings (SSSR count). The predicted octanol–water partition coefficient (Wildman–Crippen LogP) is 6.03. The summed E-state index contributed by atoms with van der Waals surface area (Å²) in [4.78, 5) is 78.9. The second-order valence-electron chi connectivity index (χ2n) is 22.7. The van der Waals surface area contributed by atoms with Gasteiger partial charge in [-0.05, 0) is 86.5 Å². The van der Waals surface area contributed by atoms with E-state index in [2.05, 4.69) is 42.7 Å². The average Bonchev–Trinajstić information content (AvgIpc) is 4.34. The van der Waals surface area contributed by atoms with Crippen LogP contribution >= 0.6 is 11.3 Å². The number of carbonyl (C=O) groups is 4. The van der Waals surface area contributed by atoms with E-state index in [9.17, 15) is 19.5 Å².